The van der Waals surface area contributed by atoms with Gasteiger partial charge >= 0.3 is 5.69 Å². The average Bonchev–Trinajstić information content (AvgIpc) is 3.98. The minimum Gasteiger partial charge on any atom is -0.378 e. The number of likely N-dealkylation sites (tertiary alicyclic amines) is 2. The molecule has 1 aliphatic carbocycles. The Morgan fingerprint density at radius 2 is 1.77 bits per heavy atom. The molecule has 5 aromatic rings. The zero-order valence-corrected chi connectivity index (χ0v) is 35.2. The fourth-order valence-corrected chi connectivity index (χ4v) is 10.7. The van der Waals surface area contributed by atoms with Gasteiger partial charge < -0.3 is 24.8 Å². The summed E-state index contributed by atoms with van der Waals surface area (Å²) in [5.74, 6) is 0.0169. The third-order valence-corrected chi connectivity index (χ3v) is 14.1. The number of amides is 4. The van der Waals surface area contributed by atoms with E-state index in [-0.39, 0.29) is 47.2 Å². The first-order valence-electron chi connectivity index (χ1n) is 22.2. The monoisotopic (exact) mass is 846 g/mol. The average molecular weight is 847 g/mol. The van der Waals surface area contributed by atoms with Crippen LogP contribution in [-0.4, -0.2) is 126 Å². The molecule has 0 radical (unpaired) electrons. The molecule has 4 aromatic heterocycles. The third-order valence-electron chi connectivity index (χ3n) is 14.1. The van der Waals surface area contributed by atoms with E-state index >= 15 is 0 Å². The van der Waals surface area contributed by atoms with Crippen molar-refractivity contribution in [2.75, 3.05) is 69.2 Å². The lowest BCUT2D eigenvalue weighted by molar-refractivity contribution is -0.142. The van der Waals surface area contributed by atoms with E-state index in [1.807, 2.05) is 23.0 Å². The third kappa shape index (κ3) is 7.46. The number of aryl methyl sites for hydroxylation is 2. The Bertz CT molecular complexity index is 2580. The number of hydrogen-bond acceptors (Lipinski definition) is 11. The Morgan fingerprint density at radius 3 is 2.55 bits per heavy atom. The SMILES string of the molecule is Cn1c(=O)n(C2CCC(=O)NC2=O)c2cccc(CCCN3CC4(CCN(C(=O)C5CCC(n6cc(NC(=O)c7cnn8cccnc78)c(N7CCOCC7)n6)CC5)CC4)C3)c21. The first-order chi connectivity index (χ1) is 30.1. The van der Waals surface area contributed by atoms with Crippen molar-refractivity contribution in [3.05, 3.63) is 70.7 Å². The molecule has 1 atom stereocenters. The number of morpholine rings is 1. The van der Waals surface area contributed by atoms with Crippen molar-refractivity contribution in [2.45, 2.75) is 76.3 Å². The number of rotatable bonds is 10. The van der Waals surface area contributed by atoms with E-state index in [1.54, 1.807) is 39.2 Å². The maximum Gasteiger partial charge on any atom is 0.329 e. The zero-order valence-electron chi connectivity index (χ0n) is 35.2. The maximum atomic E-state index is 13.9. The number of nitrogens with one attached hydrogen (secondary N) is 2. The van der Waals surface area contributed by atoms with Gasteiger partial charge in [-0.15, -0.1) is 0 Å². The van der Waals surface area contributed by atoms with Crippen molar-refractivity contribution in [3.8, 4) is 0 Å². The highest BCUT2D eigenvalue weighted by Crippen LogP contribution is 2.42. The molecule has 1 spiro atoms. The van der Waals surface area contributed by atoms with Gasteiger partial charge in [0, 0.05) is 71.0 Å². The number of carbonyl (C=O) groups excluding carboxylic acids is 4. The van der Waals surface area contributed by atoms with Crippen LogP contribution in [0, 0.1) is 11.3 Å². The van der Waals surface area contributed by atoms with E-state index in [1.165, 1.54) is 6.20 Å². The second-order valence-corrected chi connectivity index (χ2v) is 18.0. The van der Waals surface area contributed by atoms with Crippen LogP contribution in [0.5, 0.6) is 0 Å². The quantitative estimate of drug-likeness (QED) is 0.197. The fraction of sp³-hybridized carbons (Fsp3) is 0.545. The van der Waals surface area contributed by atoms with Crippen molar-refractivity contribution in [3.63, 3.8) is 0 Å². The highest BCUT2D eigenvalue weighted by atomic mass is 16.5. The van der Waals surface area contributed by atoms with Gasteiger partial charge in [0.05, 0.1) is 42.7 Å². The van der Waals surface area contributed by atoms with Gasteiger partial charge in [-0.3, -0.25) is 38.3 Å². The molecule has 4 aliphatic heterocycles. The summed E-state index contributed by atoms with van der Waals surface area (Å²) in [6.45, 7) is 7.22. The standard InChI is InChI=1S/C44H54N12O6/c1-50-37-29(5-2-7-34(37)56(43(50)61)35-12-13-36(57)48-41(35)59)6-3-17-51-27-44(28-51)14-19-53(20-15-44)42(60)30-8-10-31(11-9-30)55-26-33(39(49-55)52-21-23-62-24-22-52)47-40(58)32-25-46-54-18-4-16-45-38(32)54/h2,4-5,7,16,18,25-26,30-31,35H,3,6,8-15,17,19-24,27-28H2,1H3,(H,47,58)(H,48,57,59). The predicted octanol–water partition coefficient (Wildman–Crippen LogP) is 2.93. The molecular weight excluding hydrogens is 793 g/mol. The Kier molecular flexibility index (Phi) is 10.7. The number of aromatic nitrogens is 7. The summed E-state index contributed by atoms with van der Waals surface area (Å²) >= 11 is 0. The first-order valence-corrected chi connectivity index (χ1v) is 22.2. The second kappa shape index (κ2) is 16.4. The van der Waals surface area contributed by atoms with E-state index in [2.05, 4.69) is 41.5 Å². The summed E-state index contributed by atoms with van der Waals surface area (Å²) in [5, 5.41) is 14.8. The number of para-hydroxylation sites is 1. The van der Waals surface area contributed by atoms with Crippen molar-refractivity contribution in [2.24, 2.45) is 18.4 Å². The van der Waals surface area contributed by atoms with Crippen molar-refractivity contribution < 1.29 is 23.9 Å². The highest BCUT2D eigenvalue weighted by Gasteiger charge is 2.46. The largest absolute Gasteiger partial charge is 0.378 e. The van der Waals surface area contributed by atoms with Crippen LogP contribution in [0.25, 0.3) is 16.7 Å². The van der Waals surface area contributed by atoms with E-state index in [0.29, 0.717) is 49.6 Å². The van der Waals surface area contributed by atoms with Gasteiger partial charge in [-0.05, 0) is 87.4 Å². The van der Waals surface area contributed by atoms with Crippen LogP contribution in [0.4, 0.5) is 11.5 Å². The van der Waals surface area contributed by atoms with Gasteiger partial charge in [0.15, 0.2) is 11.5 Å². The fourth-order valence-electron chi connectivity index (χ4n) is 10.7. The molecule has 4 amide bonds. The van der Waals surface area contributed by atoms with Gasteiger partial charge in [-0.2, -0.15) is 10.2 Å². The van der Waals surface area contributed by atoms with E-state index in [9.17, 15) is 24.0 Å². The number of anilines is 2. The van der Waals surface area contributed by atoms with Crippen LogP contribution in [0.1, 0.15) is 85.8 Å². The molecular formula is C44H54N12O6. The summed E-state index contributed by atoms with van der Waals surface area (Å²) in [5.41, 5.74) is 4.21. The van der Waals surface area contributed by atoms with Gasteiger partial charge in [-0.1, -0.05) is 12.1 Å². The molecule has 1 saturated carbocycles. The maximum absolute atomic E-state index is 13.9. The van der Waals surface area contributed by atoms with Crippen molar-refractivity contribution in [1.29, 1.82) is 0 Å². The van der Waals surface area contributed by atoms with Crippen LogP contribution < -0.4 is 21.2 Å². The summed E-state index contributed by atoms with van der Waals surface area (Å²) in [7, 11) is 1.75. The minimum atomic E-state index is -0.692. The lowest BCUT2D eigenvalue weighted by atomic mass is 9.71. The smallest absolute Gasteiger partial charge is 0.329 e. The molecule has 4 saturated heterocycles. The zero-order chi connectivity index (χ0) is 42.5. The second-order valence-electron chi connectivity index (χ2n) is 18.0. The number of imide groups is 1. The number of benzene rings is 1. The lowest BCUT2D eigenvalue weighted by Gasteiger charge is -2.54. The molecule has 62 heavy (non-hydrogen) atoms. The molecule has 18 nitrogen and oxygen atoms in total. The Hall–Kier alpha value is -5.88. The molecule has 5 aliphatic rings. The number of piperidine rings is 2. The summed E-state index contributed by atoms with van der Waals surface area (Å²) in [6.07, 6.45) is 14.5. The molecule has 326 valence electrons. The van der Waals surface area contributed by atoms with Gasteiger partial charge in [-0.25, -0.2) is 14.3 Å². The number of nitrogens with zero attached hydrogens (tertiary/aromatic N) is 10. The molecule has 1 unspecified atom stereocenters. The van der Waals surface area contributed by atoms with E-state index in [4.69, 9.17) is 9.84 Å². The number of fused-ring (bicyclic) bond motifs is 2. The topological polar surface area (TPSA) is 186 Å². The molecule has 18 heteroatoms. The lowest BCUT2D eigenvalue weighted by Crippen LogP contribution is -2.61. The number of imidazole rings is 1. The van der Waals surface area contributed by atoms with Crippen LogP contribution in [0.3, 0.4) is 0 Å². The Balaban J connectivity index is 0.703. The summed E-state index contributed by atoms with van der Waals surface area (Å²) < 4.78 is 12.4. The number of ether oxygens (including phenoxy) is 1. The molecule has 10 rings (SSSR count). The van der Waals surface area contributed by atoms with Gasteiger partial charge in [0.1, 0.15) is 17.3 Å². The van der Waals surface area contributed by atoms with Crippen LogP contribution in [0.15, 0.2) is 53.8 Å². The van der Waals surface area contributed by atoms with Gasteiger partial charge in [0.2, 0.25) is 17.7 Å². The number of carbonyl (C=O) groups is 4. The molecule has 0 bridgehead atoms. The van der Waals surface area contributed by atoms with E-state index < -0.39 is 11.9 Å². The van der Waals surface area contributed by atoms with Gasteiger partial charge in [0.25, 0.3) is 5.91 Å². The predicted molar refractivity (Wildman–Crippen MR) is 229 cm³/mol. The number of hydrogen-bond donors (Lipinski definition) is 2. The summed E-state index contributed by atoms with van der Waals surface area (Å²) in [6, 6.07) is 7.11. The molecule has 8 heterocycles. The molecule has 1 aromatic carbocycles. The van der Waals surface area contributed by atoms with Crippen LogP contribution in [-0.2, 0) is 32.6 Å². The normalized spacial score (nSPS) is 23.2. The minimum absolute atomic E-state index is 0.0136. The first kappa shape index (κ1) is 40.2. The Morgan fingerprint density at radius 1 is 0.984 bits per heavy atom. The van der Waals surface area contributed by atoms with Crippen LogP contribution in [0.2, 0.25) is 0 Å². The Labute approximate surface area is 358 Å². The van der Waals surface area contributed by atoms with Crippen LogP contribution >= 0.6 is 0 Å². The molecule has 5 fully saturated rings. The summed E-state index contributed by atoms with van der Waals surface area (Å²) in [4.78, 5) is 76.3. The molecule has 2 N–H and O–H groups in total. The van der Waals surface area contributed by atoms with E-state index in [0.717, 1.165) is 107 Å². The van der Waals surface area contributed by atoms with Crippen molar-refractivity contribution >= 4 is 51.8 Å². The highest BCUT2D eigenvalue weighted by molar-refractivity contribution is 6.09. The van der Waals surface area contributed by atoms with Crippen molar-refractivity contribution in [1.82, 2.24) is 48.6 Å².